The number of nitrogens with zero attached hydrogens (tertiary/aromatic N) is 2. The van der Waals surface area contributed by atoms with Gasteiger partial charge in [0.1, 0.15) is 11.5 Å². The van der Waals surface area contributed by atoms with E-state index in [4.69, 9.17) is 0 Å². The molecule has 0 spiro atoms. The lowest BCUT2D eigenvalue weighted by molar-refractivity contribution is 0.103. The van der Waals surface area contributed by atoms with E-state index in [1.54, 1.807) is 19.2 Å². The van der Waals surface area contributed by atoms with Crippen LogP contribution in [0.1, 0.15) is 38.6 Å². The number of rotatable bonds is 2. The summed E-state index contributed by atoms with van der Waals surface area (Å²) >= 11 is 0. The smallest absolute Gasteiger partial charge is 0.211 e. The number of hydrogen-bond acceptors (Lipinski definition) is 3. The third-order valence-electron chi connectivity index (χ3n) is 3.09. The Morgan fingerprint density at radius 3 is 2.33 bits per heavy atom. The van der Waals surface area contributed by atoms with E-state index in [1.807, 2.05) is 32.9 Å². The first-order chi connectivity index (χ1) is 8.49. The molecule has 0 amide bonds. The van der Waals surface area contributed by atoms with Crippen LogP contribution in [-0.2, 0) is 0 Å². The van der Waals surface area contributed by atoms with Crippen molar-refractivity contribution < 1.29 is 4.79 Å². The topological polar surface area (TPSA) is 42.9 Å². The van der Waals surface area contributed by atoms with Gasteiger partial charge in [0.15, 0.2) is 0 Å². The van der Waals surface area contributed by atoms with E-state index in [1.165, 1.54) is 5.56 Å². The molecule has 0 unspecified atom stereocenters. The summed E-state index contributed by atoms with van der Waals surface area (Å²) in [5.74, 6) is 0.573. The molecule has 0 fully saturated rings. The van der Waals surface area contributed by atoms with Gasteiger partial charge in [0.05, 0.1) is 0 Å². The lowest BCUT2D eigenvalue weighted by atomic mass is 9.97. The fraction of sp³-hybridized carbons (Fsp3) is 0.267. The maximum absolute atomic E-state index is 12.4. The molecule has 18 heavy (non-hydrogen) atoms. The monoisotopic (exact) mass is 240 g/mol. The van der Waals surface area contributed by atoms with E-state index >= 15 is 0 Å². The molecule has 0 aliphatic rings. The first-order valence-electron chi connectivity index (χ1n) is 5.91. The third-order valence-corrected chi connectivity index (χ3v) is 3.09. The van der Waals surface area contributed by atoms with Crippen molar-refractivity contribution in [2.24, 2.45) is 0 Å². The van der Waals surface area contributed by atoms with Crippen molar-refractivity contribution in [2.45, 2.75) is 27.7 Å². The molecule has 1 aromatic heterocycles. The van der Waals surface area contributed by atoms with Crippen molar-refractivity contribution in [1.29, 1.82) is 0 Å². The summed E-state index contributed by atoms with van der Waals surface area (Å²) in [6.07, 6.45) is 1.62. The van der Waals surface area contributed by atoms with Crippen LogP contribution in [0.2, 0.25) is 0 Å². The molecule has 1 aromatic carbocycles. The molecule has 0 aliphatic carbocycles. The SMILES string of the molecule is Cc1nccc(C(=O)c2cc(C)c(C)cc2C)n1. The van der Waals surface area contributed by atoms with Crippen LogP contribution in [0.15, 0.2) is 24.4 Å². The third kappa shape index (κ3) is 2.30. The first kappa shape index (κ1) is 12.4. The Labute approximate surface area is 107 Å². The molecule has 0 bridgehead atoms. The Hall–Kier alpha value is -2.03. The number of aryl methyl sites for hydroxylation is 4. The summed E-state index contributed by atoms with van der Waals surface area (Å²) in [5.41, 5.74) is 4.47. The lowest BCUT2D eigenvalue weighted by Crippen LogP contribution is -2.08. The van der Waals surface area contributed by atoms with Gasteiger partial charge in [0, 0.05) is 11.8 Å². The van der Waals surface area contributed by atoms with Crippen LogP contribution in [0.25, 0.3) is 0 Å². The predicted octanol–water partition coefficient (Wildman–Crippen LogP) is 2.94. The van der Waals surface area contributed by atoms with Gasteiger partial charge in [-0.3, -0.25) is 4.79 Å². The van der Waals surface area contributed by atoms with Crippen LogP contribution >= 0.6 is 0 Å². The van der Waals surface area contributed by atoms with E-state index < -0.39 is 0 Å². The van der Waals surface area contributed by atoms with Crippen molar-refractivity contribution in [3.63, 3.8) is 0 Å². The zero-order chi connectivity index (χ0) is 13.3. The van der Waals surface area contributed by atoms with Gasteiger partial charge in [0.25, 0.3) is 0 Å². The summed E-state index contributed by atoms with van der Waals surface area (Å²) in [6.45, 7) is 7.79. The quantitative estimate of drug-likeness (QED) is 0.758. The summed E-state index contributed by atoms with van der Waals surface area (Å²) in [5, 5.41) is 0. The van der Waals surface area contributed by atoms with Crippen LogP contribution in [0.5, 0.6) is 0 Å². The maximum atomic E-state index is 12.4. The molecule has 0 aliphatic heterocycles. The second kappa shape index (κ2) is 4.69. The predicted molar refractivity (Wildman–Crippen MR) is 70.9 cm³/mol. The molecule has 92 valence electrons. The van der Waals surface area contributed by atoms with Gasteiger partial charge >= 0.3 is 0 Å². The van der Waals surface area contributed by atoms with E-state index in [0.717, 1.165) is 16.7 Å². The van der Waals surface area contributed by atoms with Crippen molar-refractivity contribution in [3.05, 3.63) is 58.2 Å². The van der Waals surface area contributed by atoms with E-state index in [9.17, 15) is 4.79 Å². The molecule has 0 N–H and O–H groups in total. The van der Waals surface area contributed by atoms with Crippen LogP contribution in [0, 0.1) is 27.7 Å². The van der Waals surface area contributed by atoms with E-state index in [2.05, 4.69) is 9.97 Å². The number of ketones is 1. The molecule has 0 saturated carbocycles. The van der Waals surface area contributed by atoms with Crippen LogP contribution in [-0.4, -0.2) is 15.8 Å². The Balaban J connectivity index is 2.49. The summed E-state index contributed by atoms with van der Waals surface area (Å²) in [7, 11) is 0. The van der Waals surface area contributed by atoms with Crippen molar-refractivity contribution in [3.8, 4) is 0 Å². The van der Waals surface area contributed by atoms with Gasteiger partial charge in [-0.15, -0.1) is 0 Å². The van der Waals surface area contributed by atoms with E-state index in [0.29, 0.717) is 11.5 Å². The van der Waals surface area contributed by atoms with Gasteiger partial charge in [-0.1, -0.05) is 6.07 Å². The van der Waals surface area contributed by atoms with Crippen LogP contribution in [0.4, 0.5) is 0 Å². The Kier molecular flexibility index (Phi) is 3.24. The highest BCUT2D eigenvalue weighted by molar-refractivity contribution is 6.08. The molecule has 0 saturated heterocycles. The standard InChI is InChI=1S/C15H16N2O/c1-9-7-11(3)13(8-10(9)2)15(18)14-5-6-16-12(4)17-14/h5-8H,1-4H3. The van der Waals surface area contributed by atoms with E-state index in [-0.39, 0.29) is 5.78 Å². The Bertz CT molecular complexity index is 618. The summed E-state index contributed by atoms with van der Waals surface area (Å²) in [4.78, 5) is 20.6. The second-order valence-corrected chi connectivity index (χ2v) is 4.57. The fourth-order valence-corrected chi connectivity index (χ4v) is 1.93. The van der Waals surface area contributed by atoms with Crippen LogP contribution in [0.3, 0.4) is 0 Å². The minimum Gasteiger partial charge on any atom is -0.287 e. The van der Waals surface area contributed by atoms with Gasteiger partial charge in [-0.25, -0.2) is 9.97 Å². The summed E-state index contributed by atoms with van der Waals surface area (Å²) < 4.78 is 0. The van der Waals surface area contributed by atoms with Crippen LogP contribution < -0.4 is 0 Å². The molecular weight excluding hydrogens is 224 g/mol. The Morgan fingerprint density at radius 2 is 1.67 bits per heavy atom. The summed E-state index contributed by atoms with van der Waals surface area (Å²) in [6, 6.07) is 5.63. The van der Waals surface area contributed by atoms with Crippen molar-refractivity contribution in [2.75, 3.05) is 0 Å². The number of hydrogen-bond donors (Lipinski definition) is 0. The number of benzene rings is 1. The molecular formula is C15H16N2O. The van der Waals surface area contributed by atoms with Crippen molar-refractivity contribution >= 4 is 5.78 Å². The van der Waals surface area contributed by atoms with Gasteiger partial charge in [-0.2, -0.15) is 0 Å². The minimum atomic E-state index is -0.0406. The molecule has 1 heterocycles. The number of carbonyl (C=O) groups is 1. The highest BCUT2D eigenvalue weighted by Crippen LogP contribution is 2.18. The number of aromatic nitrogens is 2. The average molecular weight is 240 g/mol. The normalized spacial score (nSPS) is 10.4. The number of carbonyl (C=O) groups excluding carboxylic acids is 1. The zero-order valence-electron chi connectivity index (χ0n) is 11.1. The zero-order valence-corrected chi connectivity index (χ0v) is 11.1. The molecule has 3 nitrogen and oxygen atoms in total. The fourth-order valence-electron chi connectivity index (χ4n) is 1.93. The van der Waals surface area contributed by atoms with Gasteiger partial charge in [0.2, 0.25) is 5.78 Å². The molecule has 0 atom stereocenters. The highest BCUT2D eigenvalue weighted by atomic mass is 16.1. The van der Waals surface area contributed by atoms with Gasteiger partial charge < -0.3 is 0 Å². The second-order valence-electron chi connectivity index (χ2n) is 4.57. The average Bonchev–Trinajstić information content (AvgIpc) is 2.33. The Morgan fingerprint density at radius 1 is 1.00 bits per heavy atom. The molecule has 2 aromatic rings. The first-order valence-corrected chi connectivity index (χ1v) is 5.91. The minimum absolute atomic E-state index is 0.0406. The van der Waals surface area contributed by atoms with Gasteiger partial charge in [-0.05, 0) is 56.5 Å². The molecule has 3 heteroatoms. The molecule has 0 radical (unpaired) electrons. The highest BCUT2D eigenvalue weighted by Gasteiger charge is 2.14. The molecule has 2 rings (SSSR count). The lowest BCUT2D eigenvalue weighted by Gasteiger charge is -2.08. The largest absolute Gasteiger partial charge is 0.287 e. The van der Waals surface area contributed by atoms with Crippen molar-refractivity contribution in [1.82, 2.24) is 9.97 Å². The maximum Gasteiger partial charge on any atom is 0.211 e.